The molecule has 35 heavy (non-hydrogen) atoms. The molecule has 1 saturated heterocycles. The van der Waals surface area contributed by atoms with E-state index in [1.54, 1.807) is 48.5 Å². The quantitative estimate of drug-likeness (QED) is 0.392. The number of hydrogen-bond acceptors (Lipinski definition) is 6. The molecule has 0 spiro atoms. The van der Waals surface area contributed by atoms with E-state index < -0.39 is 29.6 Å². The minimum atomic E-state index is -0.996. The standard InChI is InChI=1S/C27H22F2N2O4/c28-23-14-19(10-11-30)22(15-24(23)29)18-6-8-21(9-7-18)34-16-17-3-1-4-20(13-17)26(32)35-27(33)25-5-2-12-31-25/h1,3-4,6-9,13-15,25,31H,2,5,10,12,16H2/t25-/m0/s1. The molecule has 0 unspecified atom stereocenters. The van der Waals surface area contributed by atoms with Gasteiger partial charge in [0.25, 0.3) is 0 Å². The summed E-state index contributed by atoms with van der Waals surface area (Å²) in [4.78, 5) is 24.4. The summed E-state index contributed by atoms with van der Waals surface area (Å²) in [6.07, 6.45) is 1.46. The second kappa shape index (κ2) is 10.9. The first-order valence-corrected chi connectivity index (χ1v) is 11.1. The van der Waals surface area contributed by atoms with Crippen LogP contribution in [-0.2, 0) is 22.6 Å². The van der Waals surface area contributed by atoms with Crippen LogP contribution in [0.2, 0.25) is 0 Å². The Labute approximate surface area is 201 Å². The largest absolute Gasteiger partial charge is 0.489 e. The zero-order valence-corrected chi connectivity index (χ0v) is 18.7. The molecule has 0 bridgehead atoms. The van der Waals surface area contributed by atoms with Crippen LogP contribution in [-0.4, -0.2) is 24.5 Å². The number of nitrogens with zero attached hydrogens (tertiary/aromatic N) is 1. The fourth-order valence-corrected chi connectivity index (χ4v) is 3.88. The van der Waals surface area contributed by atoms with Crippen molar-refractivity contribution in [1.82, 2.24) is 5.32 Å². The van der Waals surface area contributed by atoms with Gasteiger partial charge in [-0.25, -0.2) is 18.4 Å². The molecule has 0 aromatic heterocycles. The van der Waals surface area contributed by atoms with E-state index in [1.807, 2.05) is 6.07 Å². The van der Waals surface area contributed by atoms with Gasteiger partial charge in [-0.15, -0.1) is 0 Å². The number of esters is 2. The molecule has 1 atom stereocenters. The van der Waals surface area contributed by atoms with Gasteiger partial charge in [0.05, 0.1) is 18.1 Å². The number of benzene rings is 3. The first kappa shape index (κ1) is 24.0. The van der Waals surface area contributed by atoms with Crippen molar-refractivity contribution in [3.63, 3.8) is 0 Å². The van der Waals surface area contributed by atoms with Gasteiger partial charge in [0.2, 0.25) is 0 Å². The number of rotatable bonds is 7. The summed E-state index contributed by atoms with van der Waals surface area (Å²) in [5.41, 5.74) is 2.40. The summed E-state index contributed by atoms with van der Waals surface area (Å²) in [6, 6.07) is 17.0. The van der Waals surface area contributed by atoms with Gasteiger partial charge < -0.3 is 14.8 Å². The molecule has 0 aliphatic carbocycles. The van der Waals surface area contributed by atoms with E-state index in [0.29, 0.717) is 34.4 Å². The molecule has 1 aliphatic heterocycles. The maximum atomic E-state index is 13.8. The molecule has 0 amide bonds. The highest BCUT2D eigenvalue weighted by atomic mass is 19.2. The summed E-state index contributed by atoms with van der Waals surface area (Å²) in [6.45, 7) is 0.882. The third-order valence-electron chi connectivity index (χ3n) is 5.69. The molecule has 1 N–H and O–H groups in total. The van der Waals surface area contributed by atoms with Crippen molar-refractivity contribution in [2.45, 2.75) is 31.9 Å². The maximum Gasteiger partial charge on any atom is 0.345 e. The number of carbonyl (C=O) groups is 2. The van der Waals surface area contributed by atoms with Crippen LogP contribution in [0, 0.1) is 23.0 Å². The summed E-state index contributed by atoms with van der Waals surface area (Å²) in [5, 5.41) is 12.0. The highest BCUT2D eigenvalue weighted by Crippen LogP contribution is 2.28. The number of nitrogens with one attached hydrogen (secondary N) is 1. The van der Waals surface area contributed by atoms with Crippen molar-refractivity contribution in [2.75, 3.05) is 6.54 Å². The van der Waals surface area contributed by atoms with Crippen molar-refractivity contribution >= 4 is 11.9 Å². The predicted octanol–water partition coefficient (Wildman–Crippen LogP) is 4.71. The first-order valence-electron chi connectivity index (χ1n) is 11.1. The molecule has 4 rings (SSSR count). The monoisotopic (exact) mass is 476 g/mol. The molecule has 178 valence electrons. The normalized spacial score (nSPS) is 14.8. The second-order valence-corrected chi connectivity index (χ2v) is 8.13. The Bertz CT molecular complexity index is 1280. The van der Waals surface area contributed by atoms with Crippen LogP contribution in [0.4, 0.5) is 8.78 Å². The van der Waals surface area contributed by atoms with Crippen LogP contribution >= 0.6 is 0 Å². The first-order chi connectivity index (χ1) is 16.9. The Balaban J connectivity index is 1.40. The summed E-state index contributed by atoms with van der Waals surface area (Å²) >= 11 is 0. The van der Waals surface area contributed by atoms with Gasteiger partial charge in [0.1, 0.15) is 18.4 Å². The lowest BCUT2D eigenvalue weighted by Crippen LogP contribution is -2.33. The van der Waals surface area contributed by atoms with Crippen LogP contribution in [0.5, 0.6) is 5.75 Å². The van der Waals surface area contributed by atoms with Crippen molar-refractivity contribution in [1.29, 1.82) is 5.26 Å². The topological polar surface area (TPSA) is 88.4 Å². The van der Waals surface area contributed by atoms with Crippen LogP contribution in [0.3, 0.4) is 0 Å². The third-order valence-corrected chi connectivity index (χ3v) is 5.69. The Morgan fingerprint density at radius 3 is 2.54 bits per heavy atom. The fourth-order valence-electron chi connectivity index (χ4n) is 3.88. The summed E-state index contributed by atoms with van der Waals surface area (Å²) < 4.78 is 38.1. The Kier molecular flexibility index (Phi) is 7.48. The van der Waals surface area contributed by atoms with Gasteiger partial charge in [-0.05, 0) is 78.0 Å². The molecule has 0 radical (unpaired) electrons. The molecule has 1 fully saturated rings. The van der Waals surface area contributed by atoms with Gasteiger partial charge in [-0.1, -0.05) is 24.3 Å². The van der Waals surface area contributed by atoms with E-state index in [4.69, 9.17) is 14.7 Å². The average molecular weight is 476 g/mol. The zero-order chi connectivity index (χ0) is 24.8. The van der Waals surface area contributed by atoms with Gasteiger partial charge >= 0.3 is 11.9 Å². The van der Waals surface area contributed by atoms with Crippen molar-refractivity contribution in [3.05, 3.63) is 89.0 Å². The lowest BCUT2D eigenvalue weighted by atomic mass is 9.97. The Morgan fingerprint density at radius 1 is 1.06 bits per heavy atom. The number of ether oxygens (including phenoxy) is 2. The lowest BCUT2D eigenvalue weighted by molar-refractivity contribution is -0.139. The molecular formula is C27H22F2N2O4. The SMILES string of the molecule is N#CCc1cc(F)c(F)cc1-c1ccc(OCc2cccc(C(=O)OC(=O)[C@@H]3CCCN3)c2)cc1. The predicted molar refractivity (Wildman–Crippen MR) is 123 cm³/mol. The second-order valence-electron chi connectivity index (χ2n) is 8.13. The van der Waals surface area contributed by atoms with Crippen LogP contribution in [0.15, 0.2) is 60.7 Å². The fraction of sp³-hybridized carbons (Fsp3) is 0.222. The molecule has 3 aromatic carbocycles. The average Bonchev–Trinajstić information content (AvgIpc) is 3.41. The van der Waals surface area contributed by atoms with Gasteiger partial charge in [0, 0.05) is 0 Å². The molecule has 1 aliphatic rings. The molecule has 6 nitrogen and oxygen atoms in total. The van der Waals surface area contributed by atoms with Crippen molar-refractivity contribution < 1.29 is 27.8 Å². The van der Waals surface area contributed by atoms with E-state index in [9.17, 15) is 18.4 Å². The molecule has 8 heteroatoms. The van der Waals surface area contributed by atoms with Gasteiger partial charge in [-0.3, -0.25) is 0 Å². The van der Waals surface area contributed by atoms with E-state index in [0.717, 1.165) is 25.1 Å². The lowest BCUT2D eigenvalue weighted by Gasteiger charge is -2.11. The van der Waals surface area contributed by atoms with Crippen molar-refractivity contribution in [3.8, 4) is 22.9 Å². The number of halogens is 2. The maximum absolute atomic E-state index is 13.8. The van der Waals surface area contributed by atoms with Crippen LogP contribution in [0.25, 0.3) is 11.1 Å². The van der Waals surface area contributed by atoms with Crippen LogP contribution < -0.4 is 10.1 Å². The molecule has 0 saturated carbocycles. The Hall–Kier alpha value is -4.09. The molecule has 1 heterocycles. The number of carbonyl (C=O) groups excluding carboxylic acids is 2. The summed E-state index contributed by atoms with van der Waals surface area (Å²) in [7, 11) is 0. The number of nitriles is 1. The van der Waals surface area contributed by atoms with E-state index in [2.05, 4.69) is 5.32 Å². The third kappa shape index (κ3) is 5.89. The van der Waals surface area contributed by atoms with E-state index in [1.165, 1.54) is 0 Å². The van der Waals surface area contributed by atoms with Crippen molar-refractivity contribution in [2.24, 2.45) is 0 Å². The molecular weight excluding hydrogens is 454 g/mol. The number of hydrogen-bond donors (Lipinski definition) is 1. The van der Waals surface area contributed by atoms with E-state index in [-0.39, 0.29) is 18.6 Å². The minimum absolute atomic E-state index is 0.0493. The smallest absolute Gasteiger partial charge is 0.345 e. The zero-order valence-electron chi connectivity index (χ0n) is 18.7. The Morgan fingerprint density at radius 2 is 1.83 bits per heavy atom. The molecule has 3 aromatic rings. The highest BCUT2D eigenvalue weighted by Gasteiger charge is 2.26. The van der Waals surface area contributed by atoms with Gasteiger partial charge in [-0.2, -0.15) is 5.26 Å². The van der Waals surface area contributed by atoms with Gasteiger partial charge in [0.15, 0.2) is 11.6 Å². The van der Waals surface area contributed by atoms with E-state index >= 15 is 0 Å². The van der Waals surface area contributed by atoms with Crippen LogP contribution in [0.1, 0.15) is 34.3 Å². The highest BCUT2D eigenvalue weighted by molar-refractivity contribution is 5.98. The summed E-state index contributed by atoms with van der Waals surface area (Å²) in [5.74, 6) is -2.75. The minimum Gasteiger partial charge on any atom is -0.489 e.